The Bertz CT molecular complexity index is 1180. The maximum Gasteiger partial charge on any atom is 0.337 e. The van der Waals surface area contributed by atoms with Crippen molar-refractivity contribution in [2.45, 2.75) is 40.3 Å². The second-order valence-electron chi connectivity index (χ2n) is 7.16. The van der Waals surface area contributed by atoms with Crippen LogP contribution in [0.4, 0.5) is 0 Å². The summed E-state index contributed by atoms with van der Waals surface area (Å²) in [5, 5.41) is 0.448. The Morgan fingerprint density at radius 2 is 1.97 bits per heavy atom. The van der Waals surface area contributed by atoms with Gasteiger partial charge in [0.05, 0.1) is 18.6 Å². The van der Waals surface area contributed by atoms with Gasteiger partial charge in [0.2, 0.25) is 0 Å². The third kappa shape index (κ3) is 3.85. The van der Waals surface area contributed by atoms with Crippen LogP contribution in [0, 0.1) is 5.92 Å². The Hall–Kier alpha value is -2.87. The van der Waals surface area contributed by atoms with E-state index in [1.54, 1.807) is 38.1 Å². The molecule has 3 rings (SSSR count). The van der Waals surface area contributed by atoms with Crippen LogP contribution in [0.15, 0.2) is 40.2 Å². The number of halogens is 1. The van der Waals surface area contributed by atoms with E-state index < -0.39 is 23.3 Å². The standard InChI is InChI=1S/C20H23ClN4O4/c1-5-29-19(27)13(4)24-11-22-17-16(24)18(26)23(10-12(2)3)20(28)25(17)15-8-6-7-14(21)9-15/h6-9,11-13H,5,10H2,1-4H3/t13-/m0/s1. The van der Waals surface area contributed by atoms with Crippen molar-refractivity contribution in [1.29, 1.82) is 0 Å². The summed E-state index contributed by atoms with van der Waals surface area (Å²) < 4.78 is 9.05. The van der Waals surface area contributed by atoms with Gasteiger partial charge in [-0.05, 0) is 38.0 Å². The molecule has 0 spiro atoms. The summed E-state index contributed by atoms with van der Waals surface area (Å²) in [6.07, 6.45) is 1.38. The van der Waals surface area contributed by atoms with Crippen LogP contribution < -0.4 is 11.2 Å². The minimum absolute atomic E-state index is 0.0597. The fourth-order valence-corrected chi connectivity index (χ4v) is 3.38. The van der Waals surface area contributed by atoms with Crippen molar-refractivity contribution in [3.05, 3.63) is 56.5 Å². The van der Waals surface area contributed by atoms with Gasteiger partial charge in [-0.15, -0.1) is 0 Å². The first-order valence-electron chi connectivity index (χ1n) is 9.41. The number of ether oxygens (including phenoxy) is 1. The smallest absolute Gasteiger partial charge is 0.337 e. The third-order valence-corrected chi connectivity index (χ3v) is 4.75. The Morgan fingerprint density at radius 1 is 1.24 bits per heavy atom. The van der Waals surface area contributed by atoms with Crippen LogP contribution in [0.2, 0.25) is 5.02 Å². The minimum Gasteiger partial charge on any atom is -0.464 e. The average molecular weight is 419 g/mol. The Morgan fingerprint density at radius 3 is 2.59 bits per heavy atom. The lowest BCUT2D eigenvalue weighted by molar-refractivity contribution is -0.146. The van der Waals surface area contributed by atoms with Crippen molar-refractivity contribution in [3.8, 4) is 5.69 Å². The first-order valence-corrected chi connectivity index (χ1v) is 9.79. The number of benzene rings is 1. The zero-order valence-corrected chi connectivity index (χ0v) is 17.5. The fourth-order valence-electron chi connectivity index (χ4n) is 3.19. The highest BCUT2D eigenvalue weighted by molar-refractivity contribution is 6.30. The fraction of sp³-hybridized carbons (Fsp3) is 0.400. The van der Waals surface area contributed by atoms with Gasteiger partial charge in [0, 0.05) is 11.6 Å². The molecule has 3 aromatic rings. The van der Waals surface area contributed by atoms with Crippen molar-refractivity contribution in [1.82, 2.24) is 18.7 Å². The Kier molecular flexibility index (Phi) is 5.93. The molecule has 8 nitrogen and oxygen atoms in total. The number of rotatable bonds is 6. The maximum absolute atomic E-state index is 13.2. The molecular weight excluding hydrogens is 396 g/mol. The van der Waals surface area contributed by atoms with Crippen molar-refractivity contribution >= 4 is 28.7 Å². The minimum atomic E-state index is -0.773. The third-order valence-electron chi connectivity index (χ3n) is 4.52. The highest BCUT2D eigenvalue weighted by atomic mass is 35.5. The van der Waals surface area contributed by atoms with Crippen molar-refractivity contribution in [2.24, 2.45) is 5.92 Å². The lowest BCUT2D eigenvalue weighted by Crippen LogP contribution is -2.41. The Labute approximate surface area is 172 Å². The van der Waals surface area contributed by atoms with E-state index in [0.717, 1.165) is 0 Å². The van der Waals surface area contributed by atoms with Crippen LogP contribution in [-0.2, 0) is 16.1 Å². The average Bonchev–Trinajstić information content (AvgIpc) is 3.09. The van der Waals surface area contributed by atoms with E-state index in [2.05, 4.69) is 4.98 Å². The first kappa shape index (κ1) is 20.9. The summed E-state index contributed by atoms with van der Waals surface area (Å²) >= 11 is 6.11. The molecule has 2 heterocycles. The van der Waals surface area contributed by atoms with E-state index in [1.165, 1.54) is 20.0 Å². The molecule has 2 aromatic heterocycles. The van der Waals surface area contributed by atoms with Crippen molar-refractivity contribution in [3.63, 3.8) is 0 Å². The van der Waals surface area contributed by atoms with Gasteiger partial charge >= 0.3 is 11.7 Å². The van der Waals surface area contributed by atoms with E-state index in [9.17, 15) is 14.4 Å². The number of hydrogen-bond donors (Lipinski definition) is 0. The predicted molar refractivity (Wildman–Crippen MR) is 111 cm³/mol. The van der Waals surface area contributed by atoms with E-state index >= 15 is 0 Å². The molecule has 0 bridgehead atoms. The number of imidazole rings is 1. The number of carbonyl (C=O) groups excluding carboxylic acids is 1. The molecule has 0 amide bonds. The lowest BCUT2D eigenvalue weighted by Gasteiger charge is -2.16. The number of aromatic nitrogens is 4. The van der Waals surface area contributed by atoms with Crippen LogP contribution in [0.1, 0.15) is 33.7 Å². The molecule has 0 saturated heterocycles. The molecule has 0 aliphatic carbocycles. The van der Waals surface area contributed by atoms with Gasteiger partial charge in [0.1, 0.15) is 6.04 Å². The number of fused-ring (bicyclic) bond motifs is 1. The summed E-state index contributed by atoms with van der Waals surface area (Å²) in [6, 6.07) is 5.97. The second-order valence-corrected chi connectivity index (χ2v) is 7.60. The molecule has 1 aromatic carbocycles. The molecule has 0 radical (unpaired) electrons. The zero-order valence-electron chi connectivity index (χ0n) is 16.8. The van der Waals surface area contributed by atoms with Crippen LogP contribution in [0.25, 0.3) is 16.9 Å². The number of hydrogen-bond acceptors (Lipinski definition) is 5. The highest BCUT2D eigenvalue weighted by Gasteiger charge is 2.25. The quantitative estimate of drug-likeness (QED) is 0.574. The molecule has 1 atom stereocenters. The maximum atomic E-state index is 13.2. The summed E-state index contributed by atoms with van der Waals surface area (Å²) in [4.78, 5) is 43.0. The van der Waals surface area contributed by atoms with E-state index in [1.807, 2.05) is 13.8 Å². The van der Waals surface area contributed by atoms with Gasteiger partial charge in [-0.25, -0.2) is 19.1 Å². The molecule has 154 valence electrons. The van der Waals surface area contributed by atoms with Crippen LogP contribution in [0.5, 0.6) is 0 Å². The molecule has 29 heavy (non-hydrogen) atoms. The van der Waals surface area contributed by atoms with E-state index in [-0.39, 0.29) is 30.2 Å². The molecule has 0 N–H and O–H groups in total. The summed E-state index contributed by atoms with van der Waals surface area (Å²) in [5.74, 6) is -0.424. The largest absolute Gasteiger partial charge is 0.464 e. The van der Waals surface area contributed by atoms with Crippen LogP contribution in [0.3, 0.4) is 0 Å². The number of carbonyl (C=O) groups is 1. The predicted octanol–water partition coefficient (Wildman–Crippen LogP) is 2.78. The molecule has 9 heteroatoms. The lowest BCUT2D eigenvalue weighted by atomic mass is 10.2. The number of nitrogens with zero attached hydrogens (tertiary/aromatic N) is 4. The van der Waals surface area contributed by atoms with Crippen LogP contribution in [-0.4, -0.2) is 31.3 Å². The summed E-state index contributed by atoms with van der Waals surface area (Å²) in [5.41, 5.74) is -0.193. The van der Waals surface area contributed by atoms with Gasteiger partial charge < -0.3 is 9.30 Å². The van der Waals surface area contributed by atoms with E-state index in [0.29, 0.717) is 10.7 Å². The van der Waals surface area contributed by atoms with Gasteiger partial charge in [-0.2, -0.15) is 0 Å². The topological polar surface area (TPSA) is 88.1 Å². The first-order chi connectivity index (χ1) is 13.8. The molecule has 0 aliphatic rings. The molecule has 0 fully saturated rings. The monoisotopic (exact) mass is 418 g/mol. The van der Waals surface area contributed by atoms with E-state index in [4.69, 9.17) is 16.3 Å². The van der Waals surface area contributed by atoms with Gasteiger partial charge in [-0.3, -0.25) is 9.36 Å². The molecule has 0 unspecified atom stereocenters. The summed E-state index contributed by atoms with van der Waals surface area (Å²) in [6.45, 7) is 7.62. The molecular formula is C20H23ClN4O4. The Balaban J connectivity index is 2.38. The van der Waals surface area contributed by atoms with Crippen molar-refractivity contribution < 1.29 is 9.53 Å². The second kappa shape index (κ2) is 8.24. The zero-order chi connectivity index (χ0) is 21.3. The SMILES string of the molecule is CCOC(=O)[C@H](C)n1cnc2c1c(=O)n(CC(C)C)c(=O)n2-c1cccc(Cl)c1. The number of esters is 1. The van der Waals surface area contributed by atoms with Gasteiger partial charge in [0.25, 0.3) is 5.56 Å². The summed E-state index contributed by atoms with van der Waals surface area (Å²) in [7, 11) is 0. The molecule has 0 saturated carbocycles. The van der Waals surface area contributed by atoms with Gasteiger partial charge in [0.15, 0.2) is 11.2 Å². The molecule has 0 aliphatic heterocycles. The van der Waals surface area contributed by atoms with Gasteiger partial charge in [-0.1, -0.05) is 31.5 Å². The van der Waals surface area contributed by atoms with Crippen molar-refractivity contribution in [2.75, 3.05) is 6.61 Å². The highest BCUT2D eigenvalue weighted by Crippen LogP contribution is 2.20. The normalized spacial score (nSPS) is 12.5. The van der Waals surface area contributed by atoms with Crippen LogP contribution >= 0.6 is 11.6 Å².